The van der Waals surface area contributed by atoms with Gasteiger partial charge in [0.05, 0.1) is 6.10 Å². The summed E-state index contributed by atoms with van der Waals surface area (Å²) in [5.41, 5.74) is 0.583. The Bertz CT molecular complexity index is 203. The number of rotatable bonds is 0. The lowest BCUT2D eigenvalue weighted by Crippen LogP contribution is -2.15. The molecule has 1 N–H and O–H groups in total. The molecule has 0 aromatic rings. The number of aliphatic hydroxyl groups is 1. The van der Waals surface area contributed by atoms with E-state index in [2.05, 4.69) is 12.2 Å². The van der Waals surface area contributed by atoms with Gasteiger partial charge in [-0.15, -0.1) is 0 Å². The first-order chi connectivity index (χ1) is 4.83. The number of hydrogen-bond donors (Lipinski definition) is 1. The normalized spacial score (nSPS) is 52.7. The summed E-state index contributed by atoms with van der Waals surface area (Å²) < 4.78 is 0. The van der Waals surface area contributed by atoms with Gasteiger partial charge in [0.1, 0.15) is 0 Å². The van der Waals surface area contributed by atoms with Crippen LogP contribution < -0.4 is 0 Å². The van der Waals surface area contributed by atoms with E-state index in [1.807, 2.05) is 0 Å². The van der Waals surface area contributed by atoms with Crippen molar-refractivity contribution in [2.24, 2.45) is 17.3 Å². The highest BCUT2D eigenvalue weighted by molar-refractivity contribution is 5.26. The maximum atomic E-state index is 9.54. The van der Waals surface area contributed by atoms with Gasteiger partial charge in [-0.2, -0.15) is 0 Å². The summed E-state index contributed by atoms with van der Waals surface area (Å²) in [6, 6.07) is 0. The van der Waals surface area contributed by atoms with Gasteiger partial charge < -0.3 is 5.11 Å². The molecule has 10 heavy (non-hydrogen) atoms. The molecule has 3 rings (SSSR count). The van der Waals surface area contributed by atoms with Gasteiger partial charge in [0, 0.05) is 5.92 Å². The van der Waals surface area contributed by atoms with Crippen molar-refractivity contribution in [1.29, 1.82) is 0 Å². The van der Waals surface area contributed by atoms with Crippen molar-refractivity contribution in [1.82, 2.24) is 0 Å². The van der Waals surface area contributed by atoms with Crippen LogP contribution in [0, 0.1) is 17.3 Å². The Morgan fingerprint density at radius 1 is 1.30 bits per heavy atom. The third kappa shape index (κ3) is 0.392. The quantitative estimate of drug-likeness (QED) is 0.498. The number of allylic oxidation sites excluding steroid dienone is 1. The zero-order chi connectivity index (χ0) is 6.77. The van der Waals surface area contributed by atoms with Crippen molar-refractivity contribution >= 4 is 0 Å². The molecule has 0 aromatic carbocycles. The summed E-state index contributed by atoms with van der Waals surface area (Å²) in [5.74, 6) is 1.28. The van der Waals surface area contributed by atoms with Crippen LogP contribution in [0.4, 0.5) is 0 Å². The third-order valence-corrected chi connectivity index (χ3v) is 3.69. The summed E-state index contributed by atoms with van der Waals surface area (Å²) in [7, 11) is 0. The van der Waals surface area contributed by atoms with Gasteiger partial charge in [0.2, 0.25) is 0 Å². The molecule has 3 aliphatic carbocycles. The largest absolute Gasteiger partial charge is 0.392 e. The fraction of sp³-hybridized carbons (Fsp3) is 0.778. The summed E-state index contributed by atoms with van der Waals surface area (Å²) in [4.78, 5) is 0. The van der Waals surface area contributed by atoms with Crippen LogP contribution in [0.2, 0.25) is 0 Å². The standard InChI is InChI=1S/C9H12O/c10-8-5-6-1-2-7(8)9(6)3-4-9/h1-2,6-8,10H,3-5H2. The predicted molar refractivity (Wildman–Crippen MR) is 38.4 cm³/mol. The lowest BCUT2D eigenvalue weighted by Gasteiger charge is -2.13. The molecule has 2 fully saturated rings. The molecule has 1 heteroatoms. The van der Waals surface area contributed by atoms with Gasteiger partial charge in [0.25, 0.3) is 0 Å². The minimum absolute atomic E-state index is 0.00231. The van der Waals surface area contributed by atoms with E-state index in [9.17, 15) is 5.11 Å². The van der Waals surface area contributed by atoms with Crippen molar-refractivity contribution in [2.45, 2.75) is 25.4 Å². The molecular weight excluding hydrogens is 124 g/mol. The van der Waals surface area contributed by atoms with Crippen LogP contribution in [0.5, 0.6) is 0 Å². The monoisotopic (exact) mass is 136 g/mol. The van der Waals surface area contributed by atoms with Crippen molar-refractivity contribution in [2.75, 3.05) is 0 Å². The van der Waals surface area contributed by atoms with Crippen LogP contribution in [0.1, 0.15) is 19.3 Å². The molecule has 3 atom stereocenters. The van der Waals surface area contributed by atoms with E-state index in [4.69, 9.17) is 0 Å². The molecule has 1 spiro atoms. The first-order valence-corrected chi connectivity index (χ1v) is 4.19. The van der Waals surface area contributed by atoms with Crippen molar-refractivity contribution in [3.63, 3.8) is 0 Å². The second-order valence-corrected chi connectivity index (χ2v) is 4.05. The van der Waals surface area contributed by atoms with E-state index < -0.39 is 0 Å². The smallest absolute Gasteiger partial charge is 0.0614 e. The summed E-state index contributed by atoms with van der Waals surface area (Å²) in [6.07, 6.45) is 8.34. The number of hydrogen-bond acceptors (Lipinski definition) is 1. The molecule has 0 aromatic heterocycles. The van der Waals surface area contributed by atoms with E-state index in [-0.39, 0.29) is 6.10 Å². The second kappa shape index (κ2) is 1.33. The highest BCUT2D eigenvalue weighted by Crippen LogP contribution is 2.68. The highest BCUT2D eigenvalue weighted by Gasteiger charge is 2.62. The zero-order valence-corrected chi connectivity index (χ0v) is 5.96. The van der Waals surface area contributed by atoms with Gasteiger partial charge in [0.15, 0.2) is 0 Å². The van der Waals surface area contributed by atoms with E-state index in [1.54, 1.807) is 0 Å². The topological polar surface area (TPSA) is 20.2 Å². The molecule has 0 aliphatic heterocycles. The fourth-order valence-electron chi connectivity index (χ4n) is 2.96. The van der Waals surface area contributed by atoms with Gasteiger partial charge >= 0.3 is 0 Å². The van der Waals surface area contributed by atoms with Gasteiger partial charge in [-0.25, -0.2) is 0 Å². The lowest BCUT2D eigenvalue weighted by atomic mass is 9.93. The second-order valence-electron chi connectivity index (χ2n) is 4.05. The van der Waals surface area contributed by atoms with Crippen molar-refractivity contribution in [3.8, 4) is 0 Å². The van der Waals surface area contributed by atoms with E-state index in [1.165, 1.54) is 12.8 Å². The molecule has 0 saturated heterocycles. The SMILES string of the molecule is OC1CC2C=CC1C21CC1. The molecule has 3 aliphatic rings. The molecular formula is C9H12O. The van der Waals surface area contributed by atoms with E-state index >= 15 is 0 Å². The van der Waals surface area contributed by atoms with E-state index in [0.29, 0.717) is 11.3 Å². The van der Waals surface area contributed by atoms with Gasteiger partial charge in [-0.1, -0.05) is 12.2 Å². The zero-order valence-electron chi connectivity index (χ0n) is 5.96. The molecule has 0 amide bonds. The third-order valence-electron chi connectivity index (χ3n) is 3.69. The average molecular weight is 136 g/mol. The van der Waals surface area contributed by atoms with Crippen molar-refractivity contribution < 1.29 is 5.11 Å². The Hall–Kier alpha value is -0.300. The first kappa shape index (κ1) is 5.36. The summed E-state index contributed by atoms with van der Waals surface area (Å²) in [6.45, 7) is 0. The Morgan fingerprint density at radius 2 is 2.10 bits per heavy atom. The van der Waals surface area contributed by atoms with Crippen LogP contribution in [-0.4, -0.2) is 11.2 Å². The van der Waals surface area contributed by atoms with Crippen LogP contribution in [-0.2, 0) is 0 Å². The number of aliphatic hydroxyl groups excluding tert-OH is 1. The maximum Gasteiger partial charge on any atom is 0.0614 e. The van der Waals surface area contributed by atoms with Gasteiger partial charge in [-0.05, 0) is 30.6 Å². The van der Waals surface area contributed by atoms with Crippen LogP contribution in [0.15, 0.2) is 12.2 Å². The van der Waals surface area contributed by atoms with E-state index in [0.717, 1.165) is 12.3 Å². The molecule has 54 valence electrons. The maximum absolute atomic E-state index is 9.54. The predicted octanol–water partition coefficient (Wildman–Crippen LogP) is 1.33. The summed E-state index contributed by atoms with van der Waals surface area (Å²) >= 11 is 0. The summed E-state index contributed by atoms with van der Waals surface area (Å²) in [5, 5.41) is 9.54. The average Bonchev–Trinajstić information content (AvgIpc) is 2.55. The minimum atomic E-state index is -0.00231. The minimum Gasteiger partial charge on any atom is -0.392 e. The molecule has 2 bridgehead atoms. The van der Waals surface area contributed by atoms with Crippen LogP contribution in [0.25, 0.3) is 0 Å². The lowest BCUT2D eigenvalue weighted by molar-refractivity contribution is 0.137. The van der Waals surface area contributed by atoms with Crippen LogP contribution >= 0.6 is 0 Å². The van der Waals surface area contributed by atoms with Crippen LogP contribution in [0.3, 0.4) is 0 Å². The Balaban J connectivity index is 2.06. The molecule has 2 saturated carbocycles. The molecule has 0 heterocycles. The molecule has 0 radical (unpaired) electrons. The van der Waals surface area contributed by atoms with Crippen molar-refractivity contribution in [3.05, 3.63) is 12.2 Å². The Kier molecular flexibility index (Phi) is 0.713. The van der Waals surface area contributed by atoms with Gasteiger partial charge in [-0.3, -0.25) is 0 Å². The molecule has 1 nitrogen and oxygen atoms in total. The highest BCUT2D eigenvalue weighted by atomic mass is 16.3. The Morgan fingerprint density at radius 3 is 2.40 bits per heavy atom. The fourth-order valence-corrected chi connectivity index (χ4v) is 2.96. The molecule has 3 unspecified atom stereocenters. The Labute approximate surface area is 60.7 Å². The first-order valence-electron chi connectivity index (χ1n) is 4.19.